The number of esters is 1. The molecule has 158 valence electrons. The number of carbonyl (C=O) groups is 1. The lowest BCUT2D eigenvalue weighted by molar-refractivity contribution is -0.267. The molecule has 0 radical (unpaired) electrons. The molecule has 2 aromatic rings. The van der Waals surface area contributed by atoms with Gasteiger partial charge in [0.15, 0.2) is 0 Å². The van der Waals surface area contributed by atoms with Crippen LogP contribution in [0.3, 0.4) is 0 Å². The number of alkyl halides is 3. The predicted molar refractivity (Wildman–Crippen MR) is 101 cm³/mol. The van der Waals surface area contributed by atoms with Crippen LogP contribution in [0.2, 0.25) is 0 Å². The van der Waals surface area contributed by atoms with Gasteiger partial charge in [0.25, 0.3) is 0 Å². The van der Waals surface area contributed by atoms with Gasteiger partial charge in [-0.05, 0) is 19.1 Å². The molecule has 1 aliphatic heterocycles. The Morgan fingerprint density at radius 3 is 2.66 bits per heavy atom. The van der Waals surface area contributed by atoms with Crippen LogP contribution in [0.1, 0.15) is 18.4 Å². The van der Waals surface area contributed by atoms with Crippen molar-refractivity contribution < 1.29 is 32.5 Å². The zero-order chi connectivity index (χ0) is 21.1. The lowest BCUT2D eigenvalue weighted by atomic mass is 9.96. The van der Waals surface area contributed by atoms with E-state index in [1.54, 1.807) is 36.1 Å². The van der Waals surface area contributed by atoms with Crippen molar-refractivity contribution in [3.8, 4) is 0 Å². The van der Waals surface area contributed by atoms with Gasteiger partial charge < -0.3 is 19.5 Å². The van der Waals surface area contributed by atoms with Gasteiger partial charge in [-0.15, -0.1) is 11.3 Å². The highest BCUT2D eigenvalue weighted by Crippen LogP contribution is 2.46. The van der Waals surface area contributed by atoms with Crippen molar-refractivity contribution in [2.24, 2.45) is 0 Å². The molecule has 0 saturated carbocycles. The number of aliphatic hydroxyl groups is 1. The highest BCUT2D eigenvalue weighted by atomic mass is 32.1. The minimum atomic E-state index is -5.00. The molecule has 2 heterocycles. The number of morpholine rings is 1. The molecule has 0 bridgehead atoms. The molecule has 1 aliphatic rings. The van der Waals surface area contributed by atoms with Crippen LogP contribution in [0.5, 0.6) is 0 Å². The lowest BCUT2D eigenvalue weighted by Gasteiger charge is -2.36. The zero-order valence-corrected chi connectivity index (χ0v) is 16.6. The minimum absolute atomic E-state index is 0.0332. The Kier molecular flexibility index (Phi) is 6.45. The van der Waals surface area contributed by atoms with Gasteiger partial charge in [0.05, 0.1) is 30.0 Å². The maximum atomic E-state index is 14.1. The highest BCUT2D eigenvalue weighted by molar-refractivity contribution is 7.18. The van der Waals surface area contributed by atoms with Crippen LogP contribution in [-0.2, 0) is 19.9 Å². The Balaban J connectivity index is 2.02. The van der Waals surface area contributed by atoms with Crippen molar-refractivity contribution in [1.29, 1.82) is 0 Å². The van der Waals surface area contributed by atoms with E-state index in [0.717, 1.165) is 17.4 Å². The average Bonchev–Trinajstić information content (AvgIpc) is 3.12. The second-order valence-electron chi connectivity index (χ2n) is 6.51. The van der Waals surface area contributed by atoms with Gasteiger partial charge >= 0.3 is 12.1 Å². The molecule has 29 heavy (non-hydrogen) atoms. The van der Waals surface area contributed by atoms with Gasteiger partial charge in [-0.2, -0.15) is 13.2 Å². The second kappa shape index (κ2) is 8.68. The first-order valence-corrected chi connectivity index (χ1v) is 9.91. The SMILES string of the molecule is CCOC(=O)/C=C(/CC(O)(c1nc2ccccc2s1)C(F)(F)F)N1CCOCC1. The number of nitrogens with zero attached hydrogens (tertiary/aromatic N) is 2. The monoisotopic (exact) mass is 430 g/mol. The van der Waals surface area contributed by atoms with Gasteiger partial charge in [0.2, 0.25) is 5.60 Å². The standard InChI is InChI=1S/C19H21F3N2O4S/c1-2-28-16(25)11-13(24-7-9-27-10-8-24)12-18(26,19(20,21)22)17-23-14-5-3-4-6-15(14)29-17/h3-6,11,26H,2,7-10,12H2,1H3/b13-11-. The number of ether oxygens (including phenoxy) is 2. The molecule has 1 unspecified atom stereocenters. The number of fused-ring (bicyclic) bond motifs is 1. The Morgan fingerprint density at radius 1 is 1.34 bits per heavy atom. The summed E-state index contributed by atoms with van der Waals surface area (Å²) in [7, 11) is 0. The van der Waals surface area contributed by atoms with E-state index in [2.05, 4.69) is 4.98 Å². The van der Waals surface area contributed by atoms with Gasteiger partial charge in [-0.3, -0.25) is 0 Å². The molecule has 1 aromatic carbocycles. The molecule has 6 nitrogen and oxygen atoms in total. The third kappa shape index (κ3) is 4.71. The number of rotatable bonds is 6. The van der Waals surface area contributed by atoms with E-state index in [1.165, 1.54) is 0 Å². The summed E-state index contributed by atoms with van der Waals surface area (Å²) in [6, 6.07) is 6.59. The smallest absolute Gasteiger partial charge is 0.424 e. The summed E-state index contributed by atoms with van der Waals surface area (Å²) in [4.78, 5) is 17.6. The van der Waals surface area contributed by atoms with Gasteiger partial charge in [0, 0.05) is 31.3 Å². The maximum Gasteiger partial charge on any atom is 0.424 e. The first-order chi connectivity index (χ1) is 13.7. The van der Waals surface area contributed by atoms with Gasteiger partial charge in [-0.25, -0.2) is 9.78 Å². The number of carbonyl (C=O) groups excluding carboxylic acids is 1. The van der Waals surface area contributed by atoms with Crippen molar-refractivity contribution in [2.45, 2.75) is 25.1 Å². The summed E-state index contributed by atoms with van der Waals surface area (Å²) in [5.74, 6) is -0.761. The Hall–Kier alpha value is -2.17. The minimum Gasteiger partial charge on any atom is -0.463 e. The molecule has 0 spiro atoms. The largest absolute Gasteiger partial charge is 0.463 e. The molecule has 1 N–H and O–H groups in total. The van der Waals surface area contributed by atoms with Crippen molar-refractivity contribution >= 4 is 27.5 Å². The first kappa shape index (κ1) is 21.5. The molecule has 1 saturated heterocycles. The topological polar surface area (TPSA) is 71.9 Å². The first-order valence-electron chi connectivity index (χ1n) is 9.10. The second-order valence-corrected chi connectivity index (χ2v) is 7.54. The van der Waals surface area contributed by atoms with Gasteiger partial charge in [0.1, 0.15) is 5.01 Å². The summed E-state index contributed by atoms with van der Waals surface area (Å²) in [5.41, 5.74) is -2.84. The average molecular weight is 430 g/mol. The summed E-state index contributed by atoms with van der Waals surface area (Å²) < 4.78 is 52.8. The number of hydrogen-bond donors (Lipinski definition) is 1. The van der Waals surface area contributed by atoms with Crippen LogP contribution in [-0.4, -0.2) is 60.0 Å². The van der Waals surface area contributed by atoms with Crippen LogP contribution in [0.15, 0.2) is 36.0 Å². The highest BCUT2D eigenvalue weighted by Gasteiger charge is 2.57. The molecular weight excluding hydrogens is 409 g/mol. The molecule has 10 heteroatoms. The van der Waals surface area contributed by atoms with Crippen LogP contribution >= 0.6 is 11.3 Å². The molecule has 1 aromatic heterocycles. The Morgan fingerprint density at radius 2 is 2.03 bits per heavy atom. The van der Waals surface area contributed by atoms with Crippen LogP contribution in [0.4, 0.5) is 13.2 Å². The van der Waals surface area contributed by atoms with Crippen LogP contribution < -0.4 is 0 Å². The fraction of sp³-hybridized carbons (Fsp3) is 0.474. The van der Waals surface area contributed by atoms with E-state index >= 15 is 0 Å². The molecular formula is C19H21F3N2O4S. The summed E-state index contributed by atoms with van der Waals surface area (Å²) in [6.45, 7) is 2.93. The van der Waals surface area contributed by atoms with E-state index in [9.17, 15) is 23.1 Å². The fourth-order valence-corrected chi connectivity index (χ4v) is 4.11. The lowest BCUT2D eigenvalue weighted by Crippen LogP contribution is -2.45. The van der Waals surface area contributed by atoms with Crippen LogP contribution in [0, 0.1) is 0 Å². The number of benzene rings is 1. The molecule has 1 fully saturated rings. The van der Waals surface area contributed by atoms with E-state index in [4.69, 9.17) is 9.47 Å². The van der Waals surface area contributed by atoms with E-state index in [-0.39, 0.29) is 12.3 Å². The number of para-hydroxylation sites is 1. The number of aromatic nitrogens is 1. The van der Waals surface area contributed by atoms with Crippen LogP contribution in [0.25, 0.3) is 10.2 Å². The molecule has 0 amide bonds. The van der Waals surface area contributed by atoms with Crippen molar-refractivity contribution in [1.82, 2.24) is 9.88 Å². The zero-order valence-electron chi connectivity index (χ0n) is 15.7. The van der Waals surface area contributed by atoms with Crippen molar-refractivity contribution in [3.63, 3.8) is 0 Å². The molecule has 3 rings (SSSR count). The van der Waals surface area contributed by atoms with E-state index in [0.29, 0.717) is 36.5 Å². The fourth-order valence-electron chi connectivity index (χ4n) is 3.03. The molecule has 0 aliphatic carbocycles. The predicted octanol–water partition coefficient (Wildman–Crippen LogP) is 3.22. The maximum absolute atomic E-state index is 14.1. The van der Waals surface area contributed by atoms with Gasteiger partial charge in [-0.1, -0.05) is 12.1 Å². The third-order valence-electron chi connectivity index (χ3n) is 4.54. The third-order valence-corrected chi connectivity index (χ3v) is 5.73. The van der Waals surface area contributed by atoms with Crippen molar-refractivity contribution in [3.05, 3.63) is 41.0 Å². The number of halogens is 3. The van der Waals surface area contributed by atoms with Crippen molar-refractivity contribution in [2.75, 3.05) is 32.9 Å². The normalized spacial score (nSPS) is 18.0. The van der Waals surface area contributed by atoms with E-state index < -0.39 is 29.2 Å². The number of thiazole rings is 1. The summed E-state index contributed by atoms with van der Waals surface area (Å²) >= 11 is 0.781. The quantitative estimate of drug-likeness (QED) is 0.561. The summed E-state index contributed by atoms with van der Waals surface area (Å²) in [6.07, 6.45) is -4.84. The molecule has 1 atom stereocenters. The summed E-state index contributed by atoms with van der Waals surface area (Å²) in [5, 5.41) is 10.4. The van der Waals surface area contributed by atoms with E-state index in [1.807, 2.05) is 0 Å². The Bertz CT molecular complexity index is 860. The number of hydrogen-bond acceptors (Lipinski definition) is 7. The Labute approximate surface area is 169 Å².